The average Bonchev–Trinajstić information content (AvgIpc) is 2.76. The van der Waals surface area contributed by atoms with Crippen LogP contribution in [-0.2, 0) is 9.53 Å². The second-order valence-corrected chi connectivity index (χ2v) is 4.26. The molecule has 0 spiro atoms. The summed E-state index contributed by atoms with van der Waals surface area (Å²) in [4.78, 5) is 10.9. The Morgan fingerprint density at radius 2 is 2.15 bits per heavy atom. The maximum absolute atomic E-state index is 10.9. The average molecular weight is 183 g/mol. The Morgan fingerprint density at radius 1 is 1.38 bits per heavy atom. The van der Waals surface area contributed by atoms with Crippen LogP contribution in [0.4, 0.5) is 0 Å². The van der Waals surface area contributed by atoms with E-state index in [9.17, 15) is 4.79 Å². The first-order valence-corrected chi connectivity index (χ1v) is 4.89. The molecule has 3 fully saturated rings. The zero-order chi connectivity index (χ0) is 9.00. The molecule has 72 valence electrons. The van der Waals surface area contributed by atoms with Crippen LogP contribution in [0.15, 0.2) is 0 Å². The molecule has 13 heavy (non-hydrogen) atoms. The number of rotatable bonds is 1. The molecule has 3 aliphatic heterocycles. The van der Waals surface area contributed by atoms with Gasteiger partial charge in [-0.2, -0.15) is 0 Å². The lowest BCUT2D eigenvalue weighted by atomic mass is 9.78. The monoisotopic (exact) mass is 183 g/mol. The van der Waals surface area contributed by atoms with Crippen molar-refractivity contribution in [2.24, 2.45) is 11.8 Å². The first-order valence-electron chi connectivity index (χ1n) is 4.89. The number of hydrogen-bond acceptors (Lipinski definition) is 3. The Balaban J connectivity index is 1.87. The minimum Gasteiger partial charge on any atom is -0.480 e. The van der Waals surface area contributed by atoms with Crippen molar-refractivity contribution in [3.63, 3.8) is 0 Å². The lowest BCUT2D eigenvalue weighted by Crippen LogP contribution is -2.40. The number of fused-ring (bicyclic) bond motifs is 5. The highest BCUT2D eigenvalue weighted by Gasteiger charge is 2.56. The Kier molecular flexibility index (Phi) is 1.46. The van der Waals surface area contributed by atoms with Crippen molar-refractivity contribution in [2.75, 3.05) is 6.54 Å². The molecular weight excluding hydrogens is 170 g/mol. The van der Waals surface area contributed by atoms with Gasteiger partial charge >= 0.3 is 5.97 Å². The number of nitrogens with one attached hydrogen (secondary N) is 1. The van der Waals surface area contributed by atoms with E-state index in [4.69, 9.17) is 9.84 Å². The molecule has 3 saturated heterocycles. The van der Waals surface area contributed by atoms with Crippen LogP contribution in [0.3, 0.4) is 0 Å². The van der Waals surface area contributed by atoms with E-state index in [0.717, 1.165) is 19.4 Å². The molecule has 4 heteroatoms. The smallest absolute Gasteiger partial charge is 0.321 e. The predicted molar refractivity (Wildman–Crippen MR) is 44.3 cm³/mol. The maximum Gasteiger partial charge on any atom is 0.321 e. The summed E-state index contributed by atoms with van der Waals surface area (Å²) in [6, 6.07) is -0.361. The van der Waals surface area contributed by atoms with Crippen LogP contribution in [0.1, 0.15) is 12.8 Å². The molecule has 0 aliphatic carbocycles. The van der Waals surface area contributed by atoms with Gasteiger partial charge in [-0.25, -0.2) is 0 Å². The Labute approximate surface area is 76.3 Å². The van der Waals surface area contributed by atoms with E-state index in [1.807, 2.05) is 0 Å². The summed E-state index contributed by atoms with van der Waals surface area (Å²) in [6.45, 7) is 0.822. The summed E-state index contributed by atoms with van der Waals surface area (Å²) < 4.78 is 5.72. The van der Waals surface area contributed by atoms with Crippen molar-refractivity contribution in [2.45, 2.75) is 31.1 Å². The van der Waals surface area contributed by atoms with E-state index in [0.29, 0.717) is 12.0 Å². The lowest BCUT2D eigenvalue weighted by Gasteiger charge is -2.22. The second kappa shape index (κ2) is 2.45. The summed E-state index contributed by atoms with van der Waals surface area (Å²) in [5, 5.41) is 12.0. The summed E-state index contributed by atoms with van der Waals surface area (Å²) in [5.74, 6) is -0.0280. The van der Waals surface area contributed by atoms with Crippen LogP contribution < -0.4 is 5.32 Å². The van der Waals surface area contributed by atoms with Crippen LogP contribution in [0, 0.1) is 11.8 Å². The maximum atomic E-state index is 10.9. The van der Waals surface area contributed by atoms with Crippen LogP contribution in [0.2, 0.25) is 0 Å². The lowest BCUT2D eigenvalue weighted by molar-refractivity contribution is -0.140. The van der Waals surface area contributed by atoms with Crippen molar-refractivity contribution in [1.29, 1.82) is 0 Å². The number of ether oxygens (including phenoxy) is 1. The molecule has 0 radical (unpaired) electrons. The zero-order valence-electron chi connectivity index (χ0n) is 7.27. The fourth-order valence-electron chi connectivity index (χ4n) is 3.19. The highest BCUT2D eigenvalue weighted by molar-refractivity contribution is 5.74. The molecule has 3 aliphatic rings. The molecule has 0 aromatic heterocycles. The summed E-state index contributed by atoms with van der Waals surface area (Å²) in [6.07, 6.45) is 2.73. The second-order valence-electron chi connectivity index (χ2n) is 4.26. The molecule has 5 atom stereocenters. The van der Waals surface area contributed by atoms with Crippen LogP contribution >= 0.6 is 0 Å². The van der Waals surface area contributed by atoms with E-state index in [1.54, 1.807) is 0 Å². The minimum absolute atomic E-state index is 0.214. The number of carboxylic acids is 1. The number of hydrogen-bond donors (Lipinski definition) is 2. The van der Waals surface area contributed by atoms with Crippen molar-refractivity contribution in [3.05, 3.63) is 0 Å². The highest BCUT2D eigenvalue weighted by Crippen LogP contribution is 2.47. The number of aliphatic carboxylic acids is 1. The van der Waals surface area contributed by atoms with Crippen LogP contribution in [0.25, 0.3) is 0 Å². The van der Waals surface area contributed by atoms with Gasteiger partial charge in [0.1, 0.15) is 6.04 Å². The molecule has 1 unspecified atom stereocenters. The van der Waals surface area contributed by atoms with E-state index < -0.39 is 5.97 Å². The molecule has 3 heterocycles. The Morgan fingerprint density at radius 3 is 2.92 bits per heavy atom. The molecular formula is C9H13NO3. The van der Waals surface area contributed by atoms with Crippen LogP contribution in [0.5, 0.6) is 0 Å². The van der Waals surface area contributed by atoms with Gasteiger partial charge in [0.15, 0.2) is 0 Å². The van der Waals surface area contributed by atoms with Gasteiger partial charge in [0.2, 0.25) is 0 Å². The Hall–Kier alpha value is -0.610. The molecule has 2 N–H and O–H groups in total. The number of carboxylic acid groups (broad SMARTS) is 1. The number of carbonyl (C=O) groups is 1. The van der Waals surface area contributed by atoms with E-state index in [-0.39, 0.29) is 18.1 Å². The van der Waals surface area contributed by atoms with Gasteiger partial charge in [-0.15, -0.1) is 0 Å². The van der Waals surface area contributed by atoms with Gasteiger partial charge in [-0.05, 0) is 12.8 Å². The Bertz CT molecular complexity index is 255. The normalized spacial score (nSPS) is 52.5. The fourth-order valence-corrected chi connectivity index (χ4v) is 3.19. The SMILES string of the molecule is O=C(O)C1NC[C@@H]2[C@H]1[C@H]1CC[C@@H]2O1. The predicted octanol–water partition coefficient (Wildman–Crippen LogP) is -0.164. The molecule has 0 amide bonds. The largest absolute Gasteiger partial charge is 0.480 e. The third kappa shape index (κ3) is 0.901. The van der Waals surface area contributed by atoms with Gasteiger partial charge in [-0.3, -0.25) is 4.79 Å². The first kappa shape index (κ1) is 7.76. The van der Waals surface area contributed by atoms with Crippen molar-refractivity contribution in [1.82, 2.24) is 5.32 Å². The summed E-state index contributed by atoms with van der Waals surface area (Å²) in [7, 11) is 0. The highest BCUT2D eigenvalue weighted by atomic mass is 16.5. The van der Waals surface area contributed by atoms with Crippen molar-refractivity contribution < 1.29 is 14.6 Å². The van der Waals surface area contributed by atoms with Gasteiger partial charge < -0.3 is 15.2 Å². The van der Waals surface area contributed by atoms with Gasteiger partial charge in [0.25, 0.3) is 0 Å². The first-order chi connectivity index (χ1) is 6.27. The third-order valence-corrected chi connectivity index (χ3v) is 3.71. The summed E-state index contributed by atoms with van der Waals surface area (Å²) in [5.41, 5.74) is 0. The third-order valence-electron chi connectivity index (χ3n) is 3.71. The molecule has 0 saturated carbocycles. The van der Waals surface area contributed by atoms with Gasteiger partial charge in [0.05, 0.1) is 12.2 Å². The van der Waals surface area contributed by atoms with Gasteiger partial charge in [-0.1, -0.05) is 0 Å². The topological polar surface area (TPSA) is 58.6 Å². The molecule has 3 rings (SSSR count). The fraction of sp³-hybridized carbons (Fsp3) is 0.889. The van der Waals surface area contributed by atoms with Crippen molar-refractivity contribution >= 4 is 5.97 Å². The summed E-state index contributed by atoms with van der Waals surface area (Å²) >= 11 is 0. The molecule has 0 aromatic rings. The van der Waals surface area contributed by atoms with E-state index in [2.05, 4.69) is 5.32 Å². The van der Waals surface area contributed by atoms with Crippen molar-refractivity contribution in [3.8, 4) is 0 Å². The standard InChI is InChI=1S/C9H13NO3/c11-9(12)8-7-4(3-10-8)5-1-2-6(7)13-5/h4-8,10H,1-3H2,(H,11,12)/t4-,5-,6+,7-,8?/m0/s1. The van der Waals surface area contributed by atoms with Crippen LogP contribution in [-0.4, -0.2) is 35.9 Å². The quantitative estimate of drug-likeness (QED) is 0.593. The molecule has 2 bridgehead atoms. The molecule has 0 aromatic carbocycles. The minimum atomic E-state index is -0.719. The van der Waals surface area contributed by atoms with Gasteiger partial charge in [0, 0.05) is 18.4 Å². The van der Waals surface area contributed by atoms with E-state index in [1.165, 1.54) is 0 Å². The van der Waals surface area contributed by atoms with E-state index >= 15 is 0 Å². The molecule has 4 nitrogen and oxygen atoms in total. The zero-order valence-corrected chi connectivity index (χ0v) is 7.27.